The predicted molar refractivity (Wildman–Crippen MR) is 321 cm³/mol. The summed E-state index contributed by atoms with van der Waals surface area (Å²) in [6.45, 7) is 4.69. The van der Waals surface area contributed by atoms with Crippen molar-refractivity contribution in [3.05, 3.63) is 24.3 Å². The van der Waals surface area contributed by atoms with Gasteiger partial charge in [0, 0.05) is 6.42 Å². The van der Waals surface area contributed by atoms with E-state index >= 15 is 0 Å². The Hall–Kier alpha value is -1.02. The van der Waals surface area contributed by atoms with Crippen LogP contribution in [0, 0.1) is 0 Å². The lowest BCUT2D eigenvalue weighted by Crippen LogP contribution is -2.45. The van der Waals surface area contributed by atoms with Gasteiger partial charge in [-0.3, -0.25) is 9.36 Å². The van der Waals surface area contributed by atoms with E-state index in [2.05, 4.69) is 31.3 Å². The number of hydrogen-bond acceptors (Lipinski definition) is 6. The zero-order valence-corrected chi connectivity index (χ0v) is 51.2. The van der Waals surface area contributed by atoms with E-state index in [-0.39, 0.29) is 19.1 Å². The predicted octanol–water partition coefficient (Wildman–Crippen LogP) is 19.7. The van der Waals surface area contributed by atoms with E-state index in [4.69, 9.17) is 9.05 Å². The Labute approximate surface area is 462 Å². The molecule has 1 amide bonds. The van der Waals surface area contributed by atoms with Crippen molar-refractivity contribution in [2.45, 2.75) is 347 Å². The van der Waals surface area contributed by atoms with Crippen molar-refractivity contribution in [3.8, 4) is 0 Å². The fraction of sp³-hybridized carbons (Fsp3) is 0.923. The Morgan fingerprint density at radius 1 is 0.459 bits per heavy atom. The second kappa shape index (κ2) is 56.7. The second-order valence-corrected chi connectivity index (χ2v) is 25.2. The molecule has 0 bridgehead atoms. The highest BCUT2D eigenvalue weighted by molar-refractivity contribution is 7.45. The number of phosphoric ester groups is 1. The first kappa shape index (κ1) is 73.0. The summed E-state index contributed by atoms with van der Waals surface area (Å²) in [5.41, 5.74) is 0. The van der Waals surface area contributed by atoms with Gasteiger partial charge in [-0.2, -0.15) is 0 Å². The third-order valence-corrected chi connectivity index (χ3v) is 16.1. The molecule has 0 saturated heterocycles. The number of phosphoric acid groups is 1. The Balaban J connectivity index is 4.07. The number of amides is 1. The third kappa shape index (κ3) is 58.7. The van der Waals surface area contributed by atoms with Gasteiger partial charge in [0.1, 0.15) is 13.2 Å². The molecule has 0 heterocycles. The molecule has 0 aliphatic rings. The molecule has 8 nitrogen and oxygen atoms in total. The zero-order valence-electron chi connectivity index (χ0n) is 50.3. The van der Waals surface area contributed by atoms with Crippen molar-refractivity contribution in [2.75, 3.05) is 40.9 Å². The van der Waals surface area contributed by atoms with Crippen molar-refractivity contribution in [2.24, 2.45) is 0 Å². The average molecular weight is 1070 g/mol. The van der Waals surface area contributed by atoms with Gasteiger partial charge in [-0.15, -0.1) is 0 Å². The number of carbonyl (C=O) groups is 1. The highest BCUT2D eigenvalue weighted by atomic mass is 31.2. The highest BCUT2D eigenvalue weighted by Gasteiger charge is 2.23. The topological polar surface area (TPSA) is 108 Å². The van der Waals surface area contributed by atoms with E-state index < -0.39 is 20.0 Å². The minimum Gasteiger partial charge on any atom is -0.756 e. The number of hydrogen-bond donors (Lipinski definition) is 2. The number of aliphatic hydroxyl groups excluding tert-OH is 1. The summed E-state index contributed by atoms with van der Waals surface area (Å²) in [4.78, 5) is 25.6. The maximum atomic E-state index is 13.0. The van der Waals surface area contributed by atoms with Crippen molar-refractivity contribution in [1.29, 1.82) is 0 Å². The van der Waals surface area contributed by atoms with Gasteiger partial charge in [-0.25, -0.2) is 0 Å². The summed E-state index contributed by atoms with van der Waals surface area (Å²) >= 11 is 0. The largest absolute Gasteiger partial charge is 0.756 e. The minimum atomic E-state index is -4.61. The summed E-state index contributed by atoms with van der Waals surface area (Å²) in [7, 11) is 1.26. The molecule has 3 atom stereocenters. The first-order chi connectivity index (χ1) is 36.0. The number of nitrogens with one attached hydrogen (secondary N) is 1. The zero-order chi connectivity index (χ0) is 54.2. The van der Waals surface area contributed by atoms with Crippen molar-refractivity contribution in [3.63, 3.8) is 0 Å². The summed E-state index contributed by atoms with van der Waals surface area (Å²) in [6, 6.07) is -0.901. The van der Waals surface area contributed by atoms with Gasteiger partial charge >= 0.3 is 0 Å². The molecule has 440 valence electrons. The molecule has 74 heavy (non-hydrogen) atoms. The fourth-order valence-corrected chi connectivity index (χ4v) is 10.8. The lowest BCUT2D eigenvalue weighted by atomic mass is 10.0. The maximum Gasteiger partial charge on any atom is 0.268 e. The van der Waals surface area contributed by atoms with E-state index in [0.717, 1.165) is 38.5 Å². The fourth-order valence-electron chi connectivity index (χ4n) is 10.1. The van der Waals surface area contributed by atoms with Crippen LogP contribution in [0.15, 0.2) is 24.3 Å². The standard InChI is InChI=1S/C65H129N2O6P/c1-6-8-10-12-14-16-18-20-22-24-26-28-29-30-31-32-33-34-35-36-37-39-41-43-45-47-49-51-53-55-57-59-65(69)66-63(62-73-74(70,71)72-61-60-67(3,4)5)64(68)58-56-54-52-50-48-46-44-42-40-38-27-25-23-21-19-17-15-13-11-9-7-2/h48,50,56,58,63-64,68H,6-47,49,51-55,57,59-62H2,1-5H3,(H-,66,69,70,71)/b50-48+,58-56+. The van der Waals surface area contributed by atoms with E-state index in [1.54, 1.807) is 6.08 Å². The van der Waals surface area contributed by atoms with E-state index in [0.29, 0.717) is 17.4 Å². The molecule has 0 saturated carbocycles. The minimum absolute atomic E-state index is 0.00355. The van der Waals surface area contributed by atoms with E-state index in [1.165, 1.54) is 276 Å². The Morgan fingerprint density at radius 2 is 0.757 bits per heavy atom. The molecular weight excluding hydrogens is 936 g/mol. The molecule has 0 aliphatic heterocycles. The van der Waals surface area contributed by atoms with Crippen LogP contribution in [-0.4, -0.2) is 68.5 Å². The van der Waals surface area contributed by atoms with E-state index in [9.17, 15) is 19.4 Å². The molecule has 0 aliphatic carbocycles. The van der Waals surface area contributed by atoms with Gasteiger partial charge in [-0.05, 0) is 32.1 Å². The van der Waals surface area contributed by atoms with Crippen LogP contribution in [0.5, 0.6) is 0 Å². The molecule has 0 rings (SSSR count). The van der Waals surface area contributed by atoms with Crippen LogP contribution in [0.25, 0.3) is 0 Å². The maximum absolute atomic E-state index is 13.0. The summed E-state index contributed by atoms with van der Waals surface area (Å²) in [5.74, 6) is -0.199. The number of rotatable bonds is 61. The number of likely N-dealkylation sites (N-methyl/N-ethyl adjacent to an activating group) is 1. The van der Waals surface area contributed by atoms with Crippen LogP contribution in [0.4, 0.5) is 0 Å². The van der Waals surface area contributed by atoms with Crippen LogP contribution < -0.4 is 10.2 Å². The molecule has 0 fully saturated rings. The van der Waals surface area contributed by atoms with Crippen LogP contribution in [-0.2, 0) is 18.4 Å². The quantitative estimate of drug-likeness (QED) is 0.0272. The number of nitrogens with zero attached hydrogens (tertiary/aromatic N) is 1. The molecule has 3 unspecified atom stereocenters. The second-order valence-electron chi connectivity index (χ2n) is 23.8. The lowest BCUT2D eigenvalue weighted by molar-refractivity contribution is -0.870. The summed E-state index contributed by atoms with van der Waals surface area (Å²) in [6.07, 6.45) is 72.9. The van der Waals surface area contributed by atoms with Gasteiger partial charge in [0.05, 0.1) is 39.9 Å². The SMILES string of the molecule is CCCCCCCCCCCCCCCCC/C=C/CC/C=C/C(O)C(COP(=O)([O-])OCC[N+](C)(C)C)NC(=O)CCCCCCCCCCCCCCCCCCCCCCCCCCCCCCCCC. The molecular formula is C65H129N2O6P. The number of aliphatic hydroxyl groups is 1. The molecule has 0 aromatic rings. The Bertz CT molecular complexity index is 1260. The normalized spacial score (nSPS) is 13.9. The van der Waals surface area contributed by atoms with Crippen LogP contribution >= 0.6 is 7.82 Å². The molecule has 0 aromatic heterocycles. The summed E-state index contributed by atoms with van der Waals surface area (Å²) < 4.78 is 23.4. The monoisotopic (exact) mass is 1060 g/mol. The van der Waals surface area contributed by atoms with Crippen LogP contribution in [0.1, 0.15) is 335 Å². The van der Waals surface area contributed by atoms with Gasteiger partial charge < -0.3 is 28.8 Å². The van der Waals surface area contributed by atoms with Crippen molar-refractivity contribution in [1.82, 2.24) is 5.32 Å². The molecule has 0 radical (unpaired) electrons. The summed E-state index contributed by atoms with van der Waals surface area (Å²) in [5, 5.41) is 13.9. The number of unbranched alkanes of at least 4 members (excludes halogenated alkanes) is 46. The van der Waals surface area contributed by atoms with Crippen LogP contribution in [0.3, 0.4) is 0 Å². The number of allylic oxidation sites excluding steroid dienone is 3. The average Bonchev–Trinajstić information content (AvgIpc) is 3.36. The molecule has 2 N–H and O–H groups in total. The Kier molecular flexibility index (Phi) is 55.9. The van der Waals surface area contributed by atoms with Crippen molar-refractivity contribution >= 4 is 13.7 Å². The van der Waals surface area contributed by atoms with Gasteiger partial charge in [0.2, 0.25) is 5.91 Å². The number of quaternary nitrogens is 1. The molecule has 0 spiro atoms. The first-order valence-corrected chi connectivity index (χ1v) is 34.2. The molecule has 9 heteroatoms. The highest BCUT2D eigenvalue weighted by Crippen LogP contribution is 2.38. The first-order valence-electron chi connectivity index (χ1n) is 32.7. The van der Waals surface area contributed by atoms with Crippen LogP contribution in [0.2, 0.25) is 0 Å². The molecule has 0 aromatic carbocycles. The van der Waals surface area contributed by atoms with Gasteiger partial charge in [-0.1, -0.05) is 321 Å². The van der Waals surface area contributed by atoms with Gasteiger partial charge in [0.15, 0.2) is 0 Å². The lowest BCUT2D eigenvalue weighted by Gasteiger charge is -2.29. The smallest absolute Gasteiger partial charge is 0.268 e. The van der Waals surface area contributed by atoms with Crippen molar-refractivity contribution < 1.29 is 32.9 Å². The number of carbonyl (C=O) groups excluding carboxylic acids is 1. The van der Waals surface area contributed by atoms with E-state index in [1.807, 2.05) is 27.2 Å². The Morgan fingerprint density at radius 3 is 1.09 bits per heavy atom. The van der Waals surface area contributed by atoms with Gasteiger partial charge in [0.25, 0.3) is 7.82 Å². The third-order valence-electron chi connectivity index (χ3n) is 15.2.